The molecule has 1 aromatic rings. The maximum Gasteiger partial charge on any atom is 0.236 e. The molecule has 0 saturated heterocycles. The number of hydrogen-bond acceptors (Lipinski definition) is 4. The lowest BCUT2D eigenvalue weighted by Crippen LogP contribution is -2.37. The second kappa shape index (κ2) is 6.26. The molecule has 18 heavy (non-hydrogen) atoms. The highest BCUT2D eigenvalue weighted by Crippen LogP contribution is 2.31. The van der Waals surface area contributed by atoms with E-state index in [4.69, 9.17) is 15.2 Å². The van der Waals surface area contributed by atoms with Gasteiger partial charge in [-0.2, -0.15) is 0 Å². The van der Waals surface area contributed by atoms with Crippen LogP contribution in [0.4, 0.5) is 0 Å². The van der Waals surface area contributed by atoms with E-state index in [1.807, 2.05) is 19.1 Å². The standard InChI is InChI=1S/C13H20N2O3/c1-8-11(17-3)6-5-10(12(8)18-4)7-15-13(16)9(2)14/h5-6,9H,7,14H2,1-4H3,(H,15,16). The van der Waals surface area contributed by atoms with Gasteiger partial charge in [0, 0.05) is 17.7 Å². The average molecular weight is 252 g/mol. The van der Waals surface area contributed by atoms with Gasteiger partial charge in [-0.3, -0.25) is 4.79 Å². The van der Waals surface area contributed by atoms with Gasteiger partial charge in [-0.05, 0) is 26.0 Å². The van der Waals surface area contributed by atoms with Crippen LogP contribution in [0.3, 0.4) is 0 Å². The summed E-state index contributed by atoms with van der Waals surface area (Å²) in [5.74, 6) is 1.29. The predicted molar refractivity (Wildman–Crippen MR) is 69.8 cm³/mol. The zero-order chi connectivity index (χ0) is 13.7. The Morgan fingerprint density at radius 2 is 2.06 bits per heavy atom. The van der Waals surface area contributed by atoms with Gasteiger partial charge in [0.2, 0.25) is 5.91 Å². The van der Waals surface area contributed by atoms with Gasteiger partial charge in [0.1, 0.15) is 11.5 Å². The van der Waals surface area contributed by atoms with Crippen LogP contribution < -0.4 is 20.5 Å². The van der Waals surface area contributed by atoms with Crippen molar-refractivity contribution in [3.63, 3.8) is 0 Å². The summed E-state index contributed by atoms with van der Waals surface area (Å²) in [5, 5.41) is 2.75. The number of hydrogen-bond donors (Lipinski definition) is 2. The van der Waals surface area contributed by atoms with Crippen molar-refractivity contribution >= 4 is 5.91 Å². The van der Waals surface area contributed by atoms with Crippen LogP contribution in [0.2, 0.25) is 0 Å². The van der Waals surface area contributed by atoms with E-state index >= 15 is 0 Å². The number of nitrogens with two attached hydrogens (primary N) is 1. The lowest BCUT2D eigenvalue weighted by molar-refractivity contribution is -0.122. The van der Waals surface area contributed by atoms with E-state index in [9.17, 15) is 4.79 Å². The number of amides is 1. The summed E-state index contributed by atoms with van der Waals surface area (Å²) in [6.07, 6.45) is 0. The molecule has 0 fully saturated rings. The lowest BCUT2D eigenvalue weighted by Gasteiger charge is -2.15. The van der Waals surface area contributed by atoms with Gasteiger partial charge in [0.05, 0.1) is 20.3 Å². The molecule has 0 aliphatic rings. The molecule has 1 rings (SSSR count). The van der Waals surface area contributed by atoms with Crippen LogP contribution in [-0.4, -0.2) is 26.2 Å². The lowest BCUT2D eigenvalue weighted by atomic mass is 10.1. The first kappa shape index (κ1) is 14.3. The van der Waals surface area contributed by atoms with Crippen molar-refractivity contribution in [2.75, 3.05) is 14.2 Å². The van der Waals surface area contributed by atoms with E-state index in [-0.39, 0.29) is 5.91 Å². The Labute approximate surface area is 107 Å². The number of ether oxygens (including phenoxy) is 2. The summed E-state index contributed by atoms with van der Waals surface area (Å²) < 4.78 is 10.6. The molecule has 1 atom stereocenters. The van der Waals surface area contributed by atoms with Gasteiger partial charge in [-0.1, -0.05) is 0 Å². The predicted octanol–water partition coefficient (Wildman–Crippen LogP) is 0.976. The minimum atomic E-state index is -0.518. The van der Waals surface area contributed by atoms with E-state index < -0.39 is 6.04 Å². The van der Waals surface area contributed by atoms with E-state index in [0.717, 1.165) is 22.6 Å². The van der Waals surface area contributed by atoms with Crippen molar-refractivity contribution in [2.45, 2.75) is 26.4 Å². The van der Waals surface area contributed by atoms with Gasteiger partial charge in [-0.15, -0.1) is 0 Å². The molecule has 0 aliphatic carbocycles. The Morgan fingerprint density at radius 1 is 1.39 bits per heavy atom. The maximum absolute atomic E-state index is 11.4. The fourth-order valence-electron chi connectivity index (χ4n) is 1.72. The van der Waals surface area contributed by atoms with Crippen molar-refractivity contribution in [3.05, 3.63) is 23.3 Å². The van der Waals surface area contributed by atoms with Crippen LogP contribution >= 0.6 is 0 Å². The summed E-state index contributed by atoms with van der Waals surface area (Å²) in [6, 6.07) is 3.20. The molecule has 0 bridgehead atoms. The zero-order valence-corrected chi connectivity index (χ0v) is 11.2. The summed E-state index contributed by atoms with van der Waals surface area (Å²) in [5.41, 5.74) is 7.29. The molecule has 1 aromatic carbocycles. The fraction of sp³-hybridized carbons (Fsp3) is 0.462. The van der Waals surface area contributed by atoms with Gasteiger partial charge >= 0.3 is 0 Å². The van der Waals surface area contributed by atoms with Gasteiger partial charge in [0.15, 0.2) is 0 Å². The molecule has 0 aromatic heterocycles. The van der Waals surface area contributed by atoms with Gasteiger partial charge in [0.25, 0.3) is 0 Å². The van der Waals surface area contributed by atoms with Crippen molar-refractivity contribution < 1.29 is 14.3 Å². The number of nitrogens with one attached hydrogen (secondary N) is 1. The largest absolute Gasteiger partial charge is 0.496 e. The van der Waals surface area contributed by atoms with E-state index in [0.29, 0.717) is 6.54 Å². The highest BCUT2D eigenvalue weighted by Gasteiger charge is 2.13. The Bertz CT molecular complexity index is 430. The summed E-state index contributed by atoms with van der Waals surface area (Å²) in [6.45, 7) is 3.94. The molecule has 5 heteroatoms. The van der Waals surface area contributed by atoms with Crippen LogP contribution in [0, 0.1) is 6.92 Å². The molecule has 0 aliphatic heterocycles. The zero-order valence-electron chi connectivity index (χ0n) is 11.2. The fourth-order valence-corrected chi connectivity index (χ4v) is 1.72. The van der Waals surface area contributed by atoms with Crippen molar-refractivity contribution in [2.24, 2.45) is 5.73 Å². The Hall–Kier alpha value is -1.75. The van der Waals surface area contributed by atoms with E-state index in [2.05, 4.69) is 5.32 Å². The smallest absolute Gasteiger partial charge is 0.236 e. The third kappa shape index (κ3) is 3.13. The summed E-state index contributed by atoms with van der Waals surface area (Å²) >= 11 is 0. The number of carbonyl (C=O) groups excluding carboxylic acids is 1. The van der Waals surface area contributed by atoms with E-state index in [1.165, 1.54) is 0 Å². The summed E-state index contributed by atoms with van der Waals surface area (Å²) in [7, 11) is 3.21. The second-order valence-corrected chi connectivity index (χ2v) is 4.09. The number of rotatable bonds is 5. The topological polar surface area (TPSA) is 73.6 Å². The molecule has 5 nitrogen and oxygen atoms in total. The highest BCUT2D eigenvalue weighted by molar-refractivity contribution is 5.81. The maximum atomic E-state index is 11.4. The third-order valence-electron chi connectivity index (χ3n) is 2.73. The number of carbonyl (C=O) groups is 1. The number of methoxy groups -OCH3 is 2. The van der Waals surface area contributed by atoms with Crippen LogP contribution in [-0.2, 0) is 11.3 Å². The monoisotopic (exact) mass is 252 g/mol. The molecule has 1 unspecified atom stereocenters. The Balaban J connectivity index is 2.89. The molecular formula is C13H20N2O3. The minimum absolute atomic E-state index is 0.189. The molecule has 3 N–H and O–H groups in total. The molecule has 0 saturated carbocycles. The van der Waals surface area contributed by atoms with Crippen molar-refractivity contribution in [1.29, 1.82) is 0 Å². The number of benzene rings is 1. The first-order valence-corrected chi connectivity index (χ1v) is 5.75. The second-order valence-electron chi connectivity index (χ2n) is 4.09. The summed E-state index contributed by atoms with van der Waals surface area (Å²) in [4.78, 5) is 11.4. The SMILES string of the molecule is COc1ccc(CNC(=O)C(C)N)c(OC)c1C. The highest BCUT2D eigenvalue weighted by atomic mass is 16.5. The van der Waals surface area contributed by atoms with Crippen LogP contribution in [0.5, 0.6) is 11.5 Å². The molecule has 0 spiro atoms. The third-order valence-corrected chi connectivity index (χ3v) is 2.73. The van der Waals surface area contributed by atoms with E-state index in [1.54, 1.807) is 21.1 Å². The Morgan fingerprint density at radius 3 is 2.56 bits per heavy atom. The van der Waals surface area contributed by atoms with Gasteiger partial charge < -0.3 is 20.5 Å². The van der Waals surface area contributed by atoms with Crippen molar-refractivity contribution in [1.82, 2.24) is 5.32 Å². The van der Waals surface area contributed by atoms with Crippen molar-refractivity contribution in [3.8, 4) is 11.5 Å². The van der Waals surface area contributed by atoms with Crippen LogP contribution in [0.15, 0.2) is 12.1 Å². The normalized spacial score (nSPS) is 11.8. The quantitative estimate of drug-likeness (QED) is 0.819. The molecule has 100 valence electrons. The first-order valence-electron chi connectivity index (χ1n) is 5.75. The average Bonchev–Trinajstić information content (AvgIpc) is 2.35. The molecule has 0 radical (unpaired) electrons. The molecule has 1 amide bonds. The van der Waals surface area contributed by atoms with Gasteiger partial charge in [-0.25, -0.2) is 0 Å². The first-order chi connectivity index (χ1) is 8.51. The van der Waals surface area contributed by atoms with Crippen LogP contribution in [0.25, 0.3) is 0 Å². The molecular weight excluding hydrogens is 232 g/mol. The minimum Gasteiger partial charge on any atom is -0.496 e. The Kier molecular flexibility index (Phi) is 4.97. The molecule has 0 heterocycles. The van der Waals surface area contributed by atoms with Crippen LogP contribution in [0.1, 0.15) is 18.1 Å².